The van der Waals surface area contributed by atoms with Crippen molar-refractivity contribution in [3.8, 4) is 11.8 Å². The van der Waals surface area contributed by atoms with E-state index in [1.807, 2.05) is 16.3 Å². The van der Waals surface area contributed by atoms with Crippen LogP contribution in [0.1, 0.15) is 12.5 Å². The maximum absolute atomic E-state index is 13.1. The number of benzene rings is 2. The molecule has 2 N–H and O–H groups in total. The lowest BCUT2D eigenvalue weighted by atomic mass is 10.2. The fraction of sp³-hybridized carbons (Fsp3) is 0.125. The SMILES string of the molecule is C[C@H](Oc1ccc(C#N)cc1)C(=O)NNS(=O)(=O)c1cccc(F)c1. The Labute approximate surface area is 144 Å². The zero-order valence-corrected chi connectivity index (χ0v) is 13.9. The highest BCUT2D eigenvalue weighted by atomic mass is 32.2. The average molecular weight is 363 g/mol. The number of rotatable bonds is 6. The summed E-state index contributed by atoms with van der Waals surface area (Å²) in [6.07, 6.45) is -1.01. The Morgan fingerprint density at radius 2 is 1.92 bits per heavy atom. The van der Waals surface area contributed by atoms with Gasteiger partial charge >= 0.3 is 0 Å². The Kier molecular flexibility index (Phi) is 5.69. The molecule has 0 heterocycles. The van der Waals surface area contributed by atoms with Crippen molar-refractivity contribution in [3.63, 3.8) is 0 Å². The second-order valence-electron chi connectivity index (χ2n) is 4.95. The number of amides is 1. The Morgan fingerprint density at radius 3 is 2.52 bits per heavy atom. The molecule has 1 amide bonds. The van der Waals surface area contributed by atoms with Gasteiger partial charge in [-0.3, -0.25) is 10.2 Å². The molecule has 0 spiro atoms. The lowest BCUT2D eigenvalue weighted by molar-refractivity contribution is -0.127. The van der Waals surface area contributed by atoms with Gasteiger partial charge in [-0.05, 0) is 49.4 Å². The van der Waals surface area contributed by atoms with E-state index in [0.717, 1.165) is 12.1 Å². The Bertz CT molecular complexity index is 908. The van der Waals surface area contributed by atoms with Crippen LogP contribution in [0.4, 0.5) is 4.39 Å². The van der Waals surface area contributed by atoms with Gasteiger partial charge in [0, 0.05) is 0 Å². The molecule has 0 aliphatic heterocycles. The highest BCUT2D eigenvalue weighted by Gasteiger charge is 2.19. The van der Waals surface area contributed by atoms with Gasteiger partial charge in [-0.15, -0.1) is 4.83 Å². The monoisotopic (exact) mass is 363 g/mol. The number of nitrogens with zero attached hydrogens (tertiary/aromatic N) is 1. The number of carbonyl (C=O) groups is 1. The molecule has 7 nitrogen and oxygen atoms in total. The van der Waals surface area contributed by atoms with Crippen LogP contribution in [0.3, 0.4) is 0 Å². The van der Waals surface area contributed by atoms with Gasteiger partial charge in [0.2, 0.25) is 0 Å². The van der Waals surface area contributed by atoms with E-state index in [9.17, 15) is 17.6 Å². The van der Waals surface area contributed by atoms with Crippen molar-refractivity contribution in [2.75, 3.05) is 0 Å². The second-order valence-corrected chi connectivity index (χ2v) is 6.63. The number of hydrogen-bond acceptors (Lipinski definition) is 5. The smallest absolute Gasteiger partial charge is 0.275 e. The zero-order valence-electron chi connectivity index (χ0n) is 13.1. The summed E-state index contributed by atoms with van der Waals surface area (Å²) in [5, 5.41) is 8.71. The van der Waals surface area contributed by atoms with E-state index in [4.69, 9.17) is 10.00 Å². The van der Waals surface area contributed by atoms with Crippen LogP contribution in [0.25, 0.3) is 0 Å². The standard InChI is InChI=1S/C16H14FN3O4S/c1-11(24-14-7-5-12(10-18)6-8-14)16(21)19-20-25(22,23)15-4-2-3-13(17)9-15/h2-9,11,20H,1H3,(H,19,21)/t11-/m0/s1. The predicted molar refractivity (Wildman–Crippen MR) is 86.1 cm³/mol. The van der Waals surface area contributed by atoms with Gasteiger partial charge in [0.05, 0.1) is 16.5 Å². The number of hydrogen-bond donors (Lipinski definition) is 2. The molecule has 0 saturated carbocycles. The molecule has 2 rings (SSSR count). The summed E-state index contributed by atoms with van der Waals surface area (Å²) in [5.74, 6) is -1.12. The van der Waals surface area contributed by atoms with E-state index in [2.05, 4.69) is 0 Å². The first-order chi connectivity index (χ1) is 11.8. The zero-order chi connectivity index (χ0) is 18.4. The number of ether oxygens (including phenoxy) is 1. The van der Waals surface area contributed by atoms with Gasteiger partial charge in [0.25, 0.3) is 15.9 Å². The van der Waals surface area contributed by atoms with E-state index in [1.165, 1.54) is 43.3 Å². The fourth-order valence-electron chi connectivity index (χ4n) is 1.78. The quantitative estimate of drug-likeness (QED) is 0.756. The summed E-state index contributed by atoms with van der Waals surface area (Å²) in [6, 6.07) is 12.4. The first-order valence-electron chi connectivity index (χ1n) is 7.06. The van der Waals surface area contributed by atoms with Crippen LogP contribution in [-0.4, -0.2) is 20.4 Å². The molecule has 0 bridgehead atoms. The van der Waals surface area contributed by atoms with Crippen LogP contribution in [0, 0.1) is 17.1 Å². The number of nitriles is 1. The fourth-order valence-corrected chi connectivity index (χ4v) is 2.66. The van der Waals surface area contributed by atoms with Gasteiger partial charge in [-0.2, -0.15) is 5.26 Å². The maximum Gasteiger partial charge on any atom is 0.275 e. The molecular formula is C16H14FN3O4S. The van der Waals surface area contributed by atoms with Crippen molar-refractivity contribution in [2.24, 2.45) is 0 Å². The summed E-state index contributed by atoms with van der Waals surface area (Å²) in [7, 11) is -4.11. The van der Waals surface area contributed by atoms with E-state index in [0.29, 0.717) is 11.3 Å². The lowest BCUT2D eigenvalue weighted by Gasteiger charge is -2.15. The van der Waals surface area contributed by atoms with Crippen molar-refractivity contribution in [1.29, 1.82) is 5.26 Å². The average Bonchev–Trinajstić information content (AvgIpc) is 2.60. The Balaban J connectivity index is 1.95. The van der Waals surface area contributed by atoms with Gasteiger partial charge < -0.3 is 4.74 Å². The molecule has 0 aliphatic rings. The predicted octanol–water partition coefficient (Wildman–Crippen LogP) is 1.47. The van der Waals surface area contributed by atoms with Crippen LogP contribution in [0.2, 0.25) is 0 Å². The molecule has 130 valence electrons. The molecule has 2 aromatic carbocycles. The van der Waals surface area contributed by atoms with Crippen molar-refractivity contribution in [1.82, 2.24) is 10.3 Å². The molecule has 1 atom stereocenters. The van der Waals surface area contributed by atoms with E-state index in [-0.39, 0.29) is 4.90 Å². The minimum Gasteiger partial charge on any atom is -0.481 e. The Hall–Kier alpha value is -2.96. The maximum atomic E-state index is 13.1. The topological polar surface area (TPSA) is 108 Å². The number of carbonyl (C=O) groups excluding carboxylic acids is 1. The minimum atomic E-state index is -4.11. The van der Waals surface area contributed by atoms with Gasteiger partial charge in [-0.25, -0.2) is 12.8 Å². The molecule has 0 fully saturated rings. The van der Waals surface area contributed by atoms with Crippen LogP contribution >= 0.6 is 0 Å². The summed E-state index contributed by atoms with van der Waals surface area (Å²) >= 11 is 0. The highest BCUT2D eigenvalue weighted by Crippen LogP contribution is 2.13. The van der Waals surface area contributed by atoms with Crippen molar-refractivity contribution < 1.29 is 22.3 Å². The Morgan fingerprint density at radius 1 is 1.24 bits per heavy atom. The number of nitrogens with one attached hydrogen (secondary N) is 2. The van der Waals surface area contributed by atoms with Crippen LogP contribution in [-0.2, 0) is 14.8 Å². The number of sulfonamides is 1. The number of halogens is 1. The molecule has 2 aromatic rings. The molecule has 0 unspecified atom stereocenters. The van der Waals surface area contributed by atoms with Crippen molar-refractivity contribution >= 4 is 15.9 Å². The van der Waals surface area contributed by atoms with Gasteiger partial charge in [-0.1, -0.05) is 6.07 Å². The summed E-state index contributed by atoms with van der Waals surface area (Å²) < 4.78 is 42.4. The van der Waals surface area contributed by atoms with Crippen LogP contribution < -0.4 is 15.0 Å². The third-order valence-corrected chi connectivity index (χ3v) is 4.33. The normalized spacial score (nSPS) is 12.0. The molecule has 0 saturated heterocycles. The molecule has 0 aromatic heterocycles. The van der Waals surface area contributed by atoms with Crippen LogP contribution in [0.15, 0.2) is 53.4 Å². The number of hydrazine groups is 1. The molecular weight excluding hydrogens is 349 g/mol. The minimum absolute atomic E-state index is 0.325. The summed E-state index contributed by atoms with van der Waals surface area (Å²) in [5.41, 5.74) is 2.44. The summed E-state index contributed by atoms with van der Waals surface area (Å²) in [6.45, 7) is 1.42. The molecule has 9 heteroatoms. The highest BCUT2D eigenvalue weighted by molar-refractivity contribution is 7.89. The third-order valence-electron chi connectivity index (χ3n) is 3.08. The molecule has 25 heavy (non-hydrogen) atoms. The molecule has 0 aliphatic carbocycles. The largest absolute Gasteiger partial charge is 0.481 e. The van der Waals surface area contributed by atoms with Gasteiger partial charge in [0.1, 0.15) is 11.6 Å². The third kappa shape index (κ3) is 5.00. The van der Waals surface area contributed by atoms with E-state index >= 15 is 0 Å². The van der Waals surface area contributed by atoms with Crippen LogP contribution in [0.5, 0.6) is 5.75 Å². The van der Waals surface area contributed by atoms with E-state index < -0.39 is 27.9 Å². The van der Waals surface area contributed by atoms with Crippen molar-refractivity contribution in [2.45, 2.75) is 17.9 Å². The van der Waals surface area contributed by atoms with E-state index in [1.54, 1.807) is 0 Å². The summed E-state index contributed by atoms with van der Waals surface area (Å²) in [4.78, 5) is 13.5. The van der Waals surface area contributed by atoms with Gasteiger partial charge in [0.15, 0.2) is 6.10 Å². The lowest BCUT2D eigenvalue weighted by Crippen LogP contribution is -2.47. The van der Waals surface area contributed by atoms with Crippen molar-refractivity contribution in [3.05, 3.63) is 59.9 Å². The second kappa shape index (κ2) is 7.74. The first kappa shape index (κ1) is 18.4. The molecule has 0 radical (unpaired) electrons. The first-order valence-corrected chi connectivity index (χ1v) is 8.54.